The summed E-state index contributed by atoms with van der Waals surface area (Å²) in [5, 5.41) is 2.06. The molecular weight excluding hydrogens is 204 g/mol. The molecule has 0 saturated carbocycles. The van der Waals surface area contributed by atoms with E-state index in [1.54, 1.807) is 11.3 Å². The molecule has 1 aromatic heterocycles. The highest BCUT2D eigenvalue weighted by atomic mass is 32.1. The van der Waals surface area contributed by atoms with Crippen molar-refractivity contribution in [2.75, 3.05) is 0 Å². The topological polar surface area (TPSA) is 17.1 Å². The summed E-state index contributed by atoms with van der Waals surface area (Å²) in [6.07, 6.45) is 0.925. The van der Waals surface area contributed by atoms with E-state index in [1.807, 2.05) is 19.1 Å². The molecule has 2 aromatic rings. The highest BCUT2D eigenvalue weighted by Gasteiger charge is 2.08. The first-order valence-corrected chi connectivity index (χ1v) is 5.70. The normalized spacial score (nSPS) is 10.3. The van der Waals surface area contributed by atoms with Crippen molar-refractivity contribution in [1.82, 2.24) is 0 Å². The van der Waals surface area contributed by atoms with Gasteiger partial charge in [0.25, 0.3) is 0 Å². The van der Waals surface area contributed by atoms with Gasteiger partial charge in [-0.2, -0.15) is 0 Å². The second-order valence-electron chi connectivity index (χ2n) is 3.64. The Morgan fingerprint density at radius 1 is 1.20 bits per heavy atom. The molecule has 0 aliphatic carbocycles. The zero-order chi connectivity index (χ0) is 10.8. The largest absolute Gasteiger partial charge is 0.298 e. The molecule has 0 unspecified atom stereocenters. The molecule has 76 valence electrons. The van der Waals surface area contributed by atoms with Gasteiger partial charge in [0.1, 0.15) is 0 Å². The second-order valence-corrected chi connectivity index (χ2v) is 4.56. The Morgan fingerprint density at radius 2 is 2.00 bits per heavy atom. The van der Waals surface area contributed by atoms with Crippen molar-refractivity contribution in [3.63, 3.8) is 0 Å². The third kappa shape index (κ3) is 1.85. The van der Waals surface area contributed by atoms with E-state index in [-0.39, 0.29) is 0 Å². The first kappa shape index (κ1) is 10.1. The maximum absolute atomic E-state index is 10.9. The number of benzene rings is 1. The molecule has 0 saturated heterocycles. The van der Waals surface area contributed by atoms with Gasteiger partial charge in [-0.15, -0.1) is 11.3 Å². The van der Waals surface area contributed by atoms with Gasteiger partial charge in [-0.1, -0.05) is 17.7 Å². The fraction of sp³-hybridized carbons (Fsp3) is 0.154. The molecule has 0 aliphatic heterocycles. The summed E-state index contributed by atoms with van der Waals surface area (Å²) in [5.74, 6) is 0. The summed E-state index contributed by atoms with van der Waals surface area (Å²) in [7, 11) is 0. The van der Waals surface area contributed by atoms with Crippen LogP contribution < -0.4 is 0 Å². The van der Waals surface area contributed by atoms with E-state index in [4.69, 9.17) is 0 Å². The minimum Gasteiger partial charge on any atom is -0.298 e. The van der Waals surface area contributed by atoms with Crippen LogP contribution in [-0.4, -0.2) is 6.29 Å². The van der Waals surface area contributed by atoms with Gasteiger partial charge >= 0.3 is 0 Å². The maximum Gasteiger partial charge on any atom is 0.150 e. The monoisotopic (exact) mass is 216 g/mol. The first-order chi connectivity index (χ1) is 7.22. The summed E-state index contributed by atoms with van der Waals surface area (Å²) in [6.45, 7) is 4.11. The zero-order valence-electron chi connectivity index (χ0n) is 8.78. The van der Waals surface area contributed by atoms with Crippen molar-refractivity contribution in [2.45, 2.75) is 13.8 Å². The van der Waals surface area contributed by atoms with Crippen LogP contribution in [0.2, 0.25) is 0 Å². The van der Waals surface area contributed by atoms with E-state index < -0.39 is 0 Å². The minimum absolute atomic E-state index is 0.770. The average molecular weight is 216 g/mol. The van der Waals surface area contributed by atoms with Crippen LogP contribution in [0.4, 0.5) is 0 Å². The van der Waals surface area contributed by atoms with Crippen molar-refractivity contribution in [3.8, 4) is 10.4 Å². The summed E-state index contributed by atoms with van der Waals surface area (Å²) < 4.78 is 0. The molecule has 0 aliphatic rings. The molecule has 1 aromatic carbocycles. The van der Waals surface area contributed by atoms with E-state index in [9.17, 15) is 4.79 Å². The number of carbonyl (C=O) groups is 1. The zero-order valence-corrected chi connectivity index (χ0v) is 9.60. The van der Waals surface area contributed by atoms with Crippen LogP contribution in [0.15, 0.2) is 29.6 Å². The van der Waals surface area contributed by atoms with Gasteiger partial charge in [0.05, 0.1) is 0 Å². The number of hydrogen-bond donors (Lipinski definition) is 0. The SMILES string of the molecule is Cc1ccc(C=O)c(-c2sccc2C)c1. The molecule has 1 heterocycles. The van der Waals surface area contributed by atoms with Crippen LogP contribution in [0.25, 0.3) is 10.4 Å². The predicted octanol–water partition coefficient (Wildman–Crippen LogP) is 3.84. The molecule has 0 atom stereocenters. The lowest BCUT2D eigenvalue weighted by Crippen LogP contribution is -1.87. The average Bonchev–Trinajstić information content (AvgIpc) is 2.64. The van der Waals surface area contributed by atoms with Gasteiger partial charge in [0.15, 0.2) is 6.29 Å². The molecule has 0 radical (unpaired) electrons. The van der Waals surface area contributed by atoms with Gasteiger partial charge in [0, 0.05) is 16.0 Å². The summed E-state index contributed by atoms with van der Waals surface area (Å²) in [6, 6.07) is 8.01. The van der Waals surface area contributed by atoms with Crippen LogP contribution in [0.3, 0.4) is 0 Å². The van der Waals surface area contributed by atoms with Crippen molar-refractivity contribution in [1.29, 1.82) is 0 Å². The van der Waals surface area contributed by atoms with E-state index in [0.29, 0.717) is 0 Å². The van der Waals surface area contributed by atoms with Crippen LogP contribution in [-0.2, 0) is 0 Å². The first-order valence-electron chi connectivity index (χ1n) is 4.82. The molecule has 0 amide bonds. The third-order valence-corrected chi connectivity index (χ3v) is 3.49. The Kier molecular flexibility index (Phi) is 2.69. The molecule has 15 heavy (non-hydrogen) atoms. The van der Waals surface area contributed by atoms with Crippen molar-refractivity contribution in [3.05, 3.63) is 46.3 Å². The number of aryl methyl sites for hydroxylation is 2. The van der Waals surface area contributed by atoms with E-state index in [2.05, 4.69) is 24.4 Å². The van der Waals surface area contributed by atoms with Gasteiger partial charge < -0.3 is 0 Å². The molecular formula is C13H12OS. The van der Waals surface area contributed by atoms with E-state index >= 15 is 0 Å². The van der Waals surface area contributed by atoms with Gasteiger partial charge in [-0.05, 0) is 36.9 Å². The molecule has 2 rings (SSSR count). The number of carbonyl (C=O) groups excluding carboxylic acids is 1. The molecule has 1 nitrogen and oxygen atoms in total. The molecule has 2 heteroatoms. The lowest BCUT2D eigenvalue weighted by Gasteiger charge is -2.05. The lowest BCUT2D eigenvalue weighted by atomic mass is 10.0. The van der Waals surface area contributed by atoms with Gasteiger partial charge in [-0.3, -0.25) is 4.79 Å². The van der Waals surface area contributed by atoms with Gasteiger partial charge in [0.2, 0.25) is 0 Å². The number of thiophene rings is 1. The Labute approximate surface area is 93.4 Å². The quantitative estimate of drug-likeness (QED) is 0.697. The van der Waals surface area contributed by atoms with Crippen LogP contribution >= 0.6 is 11.3 Å². The van der Waals surface area contributed by atoms with Crippen molar-refractivity contribution >= 4 is 17.6 Å². The van der Waals surface area contributed by atoms with E-state index in [0.717, 1.165) is 17.4 Å². The smallest absolute Gasteiger partial charge is 0.150 e. The summed E-state index contributed by atoms with van der Waals surface area (Å²) in [4.78, 5) is 12.1. The highest BCUT2D eigenvalue weighted by molar-refractivity contribution is 7.13. The van der Waals surface area contributed by atoms with Crippen molar-refractivity contribution in [2.24, 2.45) is 0 Å². The van der Waals surface area contributed by atoms with Crippen LogP contribution in [0.1, 0.15) is 21.5 Å². The third-order valence-electron chi connectivity index (χ3n) is 2.44. The fourth-order valence-electron chi connectivity index (χ4n) is 1.62. The van der Waals surface area contributed by atoms with E-state index in [1.165, 1.54) is 16.0 Å². The Balaban J connectivity index is 2.65. The molecule has 0 fully saturated rings. The number of aldehydes is 1. The lowest BCUT2D eigenvalue weighted by molar-refractivity contribution is 0.112. The Hall–Kier alpha value is -1.41. The number of rotatable bonds is 2. The molecule has 0 spiro atoms. The minimum atomic E-state index is 0.770. The molecule has 0 N–H and O–H groups in total. The fourth-order valence-corrected chi connectivity index (χ4v) is 2.58. The Morgan fingerprint density at radius 3 is 2.60 bits per heavy atom. The second kappa shape index (κ2) is 3.99. The van der Waals surface area contributed by atoms with Crippen LogP contribution in [0, 0.1) is 13.8 Å². The van der Waals surface area contributed by atoms with Crippen molar-refractivity contribution < 1.29 is 4.79 Å². The van der Waals surface area contributed by atoms with Gasteiger partial charge in [-0.25, -0.2) is 0 Å². The number of hydrogen-bond acceptors (Lipinski definition) is 2. The summed E-state index contributed by atoms with van der Waals surface area (Å²) in [5.41, 5.74) is 4.24. The maximum atomic E-state index is 10.9. The molecule has 0 bridgehead atoms. The van der Waals surface area contributed by atoms with Crippen LogP contribution in [0.5, 0.6) is 0 Å². The highest BCUT2D eigenvalue weighted by Crippen LogP contribution is 2.31. The summed E-state index contributed by atoms with van der Waals surface area (Å²) >= 11 is 1.68. The standard InChI is InChI=1S/C13H12OS/c1-9-3-4-11(8-14)12(7-9)13-10(2)5-6-15-13/h3-8H,1-2H3. The predicted molar refractivity (Wildman–Crippen MR) is 64.6 cm³/mol. The Bertz CT molecular complexity index is 497.